The number of nitrogens with two attached hydrogens (primary N) is 1. The van der Waals surface area contributed by atoms with E-state index in [-0.39, 0.29) is 0 Å². The van der Waals surface area contributed by atoms with Crippen molar-refractivity contribution in [1.29, 1.82) is 0 Å². The summed E-state index contributed by atoms with van der Waals surface area (Å²) in [5, 5.41) is 0.535. The van der Waals surface area contributed by atoms with Crippen LogP contribution in [0.1, 0.15) is 0 Å². The van der Waals surface area contributed by atoms with E-state index in [4.69, 9.17) is 17.4 Å². The lowest BCUT2D eigenvalue weighted by atomic mass is 10.5. The van der Waals surface area contributed by atoms with Crippen LogP contribution in [0.2, 0.25) is 5.15 Å². The molecule has 1 aromatic rings. The van der Waals surface area contributed by atoms with Crippen molar-refractivity contribution in [3.8, 4) is 0 Å². The Bertz CT molecular complexity index is 167. The molecular weight excluding hydrogens is 124 g/mol. The van der Waals surface area contributed by atoms with E-state index in [0.717, 1.165) is 0 Å². The molecule has 0 unspecified atom stereocenters. The molecule has 0 spiro atoms. The topological polar surface area (TPSA) is 29.9 Å². The van der Waals surface area contributed by atoms with E-state index in [9.17, 15) is 0 Å². The Balaban J connectivity index is 3.13. The van der Waals surface area contributed by atoms with E-state index in [1.165, 1.54) is 4.68 Å². The summed E-state index contributed by atoms with van der Waals surface area (Å²) >= 11 is 5.55. The molecule has 0 aliphatic carbocycles. The molecule has 0 fully saturated rings. The largest absolute Gasteiger partial charge is 0.303 e. The van der Waals surface area contributed by atoms with E-state index < -0.39 is 0 Å². The number of hydrogen-bond acceptors (Lipinski definition) is 1. The van der Waals surface area contributed by atoms with Crippen molar-refractivity contribution in [2.45, 2.75) is 0 Å². The predicted molar refractivity (Wildman–Crippen MR) is 31.8 cm³/mol. The molecule has 1 rings (SSSR count). The van der Waals surface area contributed by atoms with Crippen LogP contribution in [-0.2, 0) is 0 Å². The average Bonchev–Trinajstić information content (AvgIpc) is 1.77. The third-order valence-corrected chi connectivity index (χ3v) is 1.16. The number of nitrogen functional groups attached to an aromatic ring is 1. The van der Waals surface area contributed by atoms with E-state index in [2.05, 4.69) is 0 Å². The van der Waals surface area contributed by atoms with Crippen molar-refractivity contribution < 1.29 is 4.68 Å². The van der Waals surface area contributed by atoms with Gasteiger partial charge in [0, 0.05) is 12.1 Å². The van der Waals surface area contributed by atoms with Crippen LogP contribution < -0.4 is 10.5 Å². The third kappa shape index (κ3) is 0.898. The van der Waals surface area contributed by atoms with Gasteiger partial charge in [-0.15, -0.1) is 0 Å². The first-order valence-corrected chi connectivity index (χ1v) is 2.60. The van der Waals surface area contributed by atoms with Gasteiger partial charge in [-0.3, -0.25) is 0 Å². The van der Waals surface area contributed by atoms with Crippen molar-refractivity contribution in [2.75, 3.05) is 5.84 Å². The van der Waals surface area contributed by atoms with Crippen LogP contribution in [0.5, 0.6) is 0 Å². The lowest BCUT2D eigenvalue weighted by molar-refractivity contribution is -0.636. The Morgan fingerprint density at radius 2 is 2.25 bits per heavy atom. The lowest BCUT2D eigenvalue weighted by Crippen LogP contribution is -2.44. The van der Waals surface area contributed by atoms with Gasteiger partial charge in [-0.1, -0.05) is 4.68 Å². The number of nitrogens with zero attached hydrogens (tertiary/aromatic N) is 1. The Labute approximate surface area is 52.5 Å². The molecule has 42 valence electrons. The van der Waals surface area contributed by atoms with Crippen LogP contribution in [0.25, 0.3) is 0 Å². The molecule has 2 nitrogen and oxygen atoms in total. The highest BCUT2D eigenvalue weighted by atomic mass is 35.5. The molecule has 0 aliphatic heterocycles. The summed E-state index contributed by atoms with van der Waals surface area (Å²) in [6, 6.07) is 5.36. The summed E-state index contributed by atoms with van der Waals surface area (Å²) in [6.45, 7) is 0. The SMILES string of the molecule is N[n+]1ccccc1Cl. The van der Waals surface area contributed by atoms with Gasteiger partial charge in [-0.2, -0.15) is 0 Å². The molecule has 3 heteroatoms. The van der Waals surface area contributed by atoms with Crippen molar-refractivity contribution >= 4 is 11.6 Å². The molecular formula is C5H6ClN2+. The van der Waals surface area contributed by atoms with E-state index in [1.54, 1.807) is 12.3 Å². The van der Waals surface area contributed by atoms with Crippen molar-refractivity contribution in [3.63, 3.8) is 0 Å². The van der Waals surface area contributed by atoms with Gasteiger partial charge in [0.2, 0.25) is 6.20 Å². The molecule has 0 radical (unpaired) electrons. The Kier molecular flexibility index (Phi) is 1.35. The van der Waals surface area contributed by atoms with Crippen molar-refractivity contribution in [1.82, 2.24) is 0 Å². The normalized spacial score (nSPS) is 9.12. The standard InChI is InChI=1S/C5H6ClN2/c6-5-3-1-2-4-8(5)7/h1-4H,7H2/q+1. The summed E-state index contributed by atoms with van der Waals surface area (Å²) in [5.74, 6) is 5.30. The summed E-state index contributed by atoms with van der Waals surface area (Å²) in [5.41, 5.74) is 0. The number of halogens is 1. The van der Waals surface area contributed by atoms with Gasteiger partial charge in [0.15, 0.2) is 0 Å². The average molecular weight is 130 g/mol. The molecule has 8 heavy (non-hydrogen) atoms. The first-order chi connectivity index (χ1) is 3.80. The minimum atomic E-state index is 0.535. The number of aromatic nitrogens is 1. The second-order valence-corrected chi connectivity index (χ2v) is 1.82. The van der Waals surface area contributed by atoms with Crippen molar-refractivity contribution in [2.24, 2.45) is 0 Å². The van der Waals surface area contributed by atoms with Gasteiger partial charge < -0.3 is 0 Å². The van der Waals surface area contributed by atoms with Crippen LogP contribution in [-0.4, -0.2) is 0 Å². The molecule has 0 saturated heterocycles. The third-order valence-electron chi connectivity index (χ3n) is 0.838. The van der Waals surface area contributed by atoms with E-state index in [0.29, 0.717) is 5.15 Å². The minimum Gasteiger partial charge on any atom is -0.204 e. The summed E-state index contributed by atoms with van der Waals surface area (Å²) in [6.07, 6.45) is 1.68. The molecule has 0 atom stereocenters. The second kappa shape index (κ2) is 2.01. The Morgan fingerprint density at radius 3 is 2.62 bits per heavy atom. The maximum absolute atomic E-state index is 5.55. The number of rotatable bonds is 0. The van der Waals surface area contributed by atoms with E-state index >= 15 is 0 Å². The maximum Gasteiger partial charge on any atom is 0.303 e. The maximum atomic E-state index is 5.55. The van der Waals surface area contributed by atoms with Gasteiger partial charge in [0.05, 0.1) is 0 Å². The van der Waals surface area contributed by atoms with Crippen LogP contribution in [0.3, 0.4) is 0 Å². The van der Waals surface area contributed by atoms with Crippen LogP contribution in [0, 0.1) is 0 Å². The highest BCUT2D eigenvalue weighted by Gasteiger charge is 1.96. The first kappa shape index (κ1) is 5.38. The van der Waals surface area contributed by atoms with Gasteiger partial charge in [-0.05, 0) is 17.7 Å². The van der Waals surface area contributed by atoms with Gasteiger partial charge >= 0.3 is 5.15 Å². The Morgan fingerprint density at radius 1 is 1.50 bits per heavy atom. The fourth-order valence-corrected chi connectivity index (χ4v) is 0.564. The lowest BCUT2D eigenvalue weighted by Gasteiger charge is -1.83. The highest BCUT2D eigenvalue weighted by Crippen LogP contribution is 1.94. The van der Waals surface area contributed by atoms with E-state index in [1.807, 2.05) is 12.1 Å². The fraction of sp³-hybridized carbons (Fsp3) is 0. The molecule has 0 amide bonds. The zero-order valence-corrected chi connectivity index (χ0v) is 4.97. The van der Waals surface area contributed by atoms with Crippen molar-refractivity contribution in [3.05, 3.63) is 29.5 Å². The number of hydrogen-bond donors (Lipinski definition) is 1. The molecule has 0 aromatic carbocycles. The smallest absolute Gasteiger partial charge is 0.204 e. The van der Waals surface area contributed by atoms with Gasteiger partial charge in [0.1, 0.15) is 0 Å². The molecule has 2 N–H and O–H groups in total. The molecule has 0 bridgehead atoms. The highest BCUT2D eigenvalue weighted by molar-refractivity contribution is 6.28. The van der Waals surface area contributed by atoms with Gasteiger partial charge in [-0.25, -0.2) is 5.84 Å². The summed E-state index contributed by atoms with van der Waals surface area (Å²) in [4.78, 5) is 0. The second-order valence-electron chi connectivity index (χ2n) is 1.43. The van der Waals surface area contributed by atoms with Crippen LogP contribution >= 0.6 is 11.6 Å². The molecule has 0 aliphatic rings. The summed E-state index contributed by atoms with van der Waals surface area (Å²) < 4.78 is 1.35. The zero-order chi connectivity index (χ0) is 5.98. The minimum absolute atomic E-state index is 0.535. The molecule has 1 aromatic heterocycles. The quantitative estimate of drug-likeness (QED) is 0.306. The van der Waals surface area contributed by atoms with Gasteiger partial charge in [0.25, 0.3) is 0 Å². The monoisotopic (exact) mass is 129 g/mol. The van der Waals surface area contributed by atoms with Crippen LogP contribution in [0.15, 0.2) is 24.4 Å². The van der Waals surface area contributed by atoms with Crippen LogP contribution in [0.4, 0.5) is 0 Å². The number of pyridine rings is 1. The summed E-state index contributed by atoms with van der Waals surface area (Å²) in [7, 11) is 0. The molecule has 1 heterocycles. The zero-order valence-electron chi connectivity index (χ0n) is 4.21. The predicted octanol–water partition coefficient (Wildman–Crippen LogP) is 0.341. The Hall–Kier alpha value is -0.760. The fourth-order valence-electron chi connectivity index (χ4n) is 0.435. The first-order valence-electron chi connectivity index (χ1n) is 2.22. The molecule has 0 saturated carbocycles.